The van der Waals surface area contributed by atoms with Crippen molar-refractivity contribution in [2.24, 2.45) is 0 Å². The summed E-state index contributed by atoms with van der Waals surface area (Å²) < 4.78 is 98.6. The Hall–Kier alpha value is -4.44. The molecule has 0 N–H and O–H groups in total. The Morgan fingerprint density at radius 2 is 1.78 bits per heavy atom. The summed E-state index contributed by atoms with van der Waals surface area (Å²) in [6.07, 6.45) is 6.94. The van der Waals surface area contributed by atoms with E-state index in [0.29, 0.717) is 30.3 Å². The van der Waals surface area contributed by atoms with Crippen molar-refractivity contribution in [1.82, 2.24) is 19.7 Å². The second-order valence-electron chi connectivity index (χ2n) is 13.6. The second-order valence-corrected chi connectivity index (χ2v) is 15.4. The lowest BCUT2D eigenvalue weighted by atomic mass is 9.94. The van der Waals surface area contributed by atoms with E-state index in [9.17, 15) is 17.6 Å². The van der Waals surface area contributed by atoms with Gasteiger partial charge in [-0.05, 0) is 77.8 Å². The molecule has 1 atom stereocenters. The molecule has 0 bridgehead atoms. The number of sulfonamides is 1. The van der Waals surface area contributed by atoms with Gasteiger partial charge in [0.25, 0.3) is 10.0 Å². The highest BCUT2D eigenvalue weighted by atomic mass is 32.2. The number of rotatable bonds is 9. The predicted octanol–water partition coefficient (Wildman–Crippen LogP) is 7.63. The zero-order valence-corrected chi connectivity index (χ0v) is 29.9. The number of pyridine rings is 2. The highest BCUT2D eigenvalue weighted by molar-refractivity contribution is 7.93. The number of nitrogens with zero attached hydrogens (tertiary/aromatic N) is 5. The van der Waals surface area contributed by atoms with E-state index in [0.717, 1.165) is 80.8 Å². The van der Waals surface area contributed by atoms with Crippen LogP contribution in [-0.4, -0.2) is 53.6 Å². The van der Waals surface area contributed by atoms with E-state index in [4.69, 9.17) is 24.0 Å². The molecule has 1 aromatic carbocycles. The Kier molecular flexibility index (Phi) is 10.2. The van der Waals surface area contributed by atoms with E-state index in [1.807, 2.05) is 6.92 Å². The molecule has 1 amide bonds. The number of ether oxygens (including phenoxy) is 4. The molecule has 3 aromatic heterocycles. The van der Waals surface area contributed by atoms with Crippen LogP contribution in [0.4, 0.5) is 23.7 Å². The number of hydrogen-bond donors (Lipinski definition) is 0. The van der Waals surface area contributed by atoms with Crippen LogP contribution in [0.3, 0.4) is 0 Å². The zero-order valence-electron chi connectivity index (χ0n) is 29.0. The lowest BCUT2D eigenvalue weighted by Gasteiger charge is -2.28. The Labute approximate surface area is 293 Å². The van der Waals surface area contributed by atoms with Gasteiger partial charge >= 0.3 is 6.09 Å². The highest BCUT2D eigenvalue weighted by Crippen LogP contribution is 2.44. The average molecular weight is 732 g/mol. The molecule has 2 aliphatic rings. The number of carbonyl (C=O) groups excluding carboxylic acids is 1. The summed E-state index contributed by atoms with van der Waals surface area (Å²) in [5, 5.41) is 5.58. The SMILES string of the molecule is COc1ncc(F)cc1S(=O)(=O)N(C(=O)OC(C)(C)C)c1ccc(F)c(COc2cnc3c(c(C)nn3C3CCCCO3)c2C2CCCC2)c1F. The Bertz CT molecular complexity index is 2060. The molecule has 1 aliphatic heterocycles. The monoisotopic (exact) mass is 731 g/mol. The molecule has 1 saturated carbocycles. The number of fused-ring (bicyclic) bond motifs is 1. The molecule has 1 aliphatic carbocycles. The van der Waals surface area contributed by atoms with Gasteiger partial charge in [0.15, 0.2) is 22.6 Å². The maximum absolute atomic E-state index is 16.5. The van der Waals surface area contributed by atoms with Gasteiger partial charge in [0.2, 0.25) is 5.88 Å². The van der Waals surface area contributed by atoms with Crippen LogP contribution in [0.25, 0.3) is 11.0 Å². The summed E-state index contributed by atoms with van der Waals surface area (Å²) in [5.74, 6) is -3.72. The molecule has 1 unspecified atom stereocenters. The van der Waals surface area contributed by atoms with Crippen LogP contribution in [0.1, 0.15) is 94.7 Å². The summed E-state index contributed by atoms with van der Waals surface area (Å²) in [6, 6.07) is 2.16. The van der Waals surface area contributed by atoms with Crippen LogP contribution in [0.2, 0.25) is 0 Å². The molecule has 4 aromatic rings. The number of methoxy groups -OCH3 is 1. The van der Waals surface area contributed by atoms with Gasteiger partial charge in [-0.25, -0.2) is 41.0 Å². The maximum Gasteiger partial charge on any atom is 0.429 e. The standard InChI is InChI=1S/C35H40F3N5O7S/c1-20-29-30(21-10-6-7-11-21)26(18-39-32(29)42(41-20)28-12-8-9-15-48-28)49-19-23-24(37)13-14-25(31(23)38)43(34(44)50-35(2,3)4)51(45,46)27-16-22(36)17-40-33(27)47-5/h13-14,16-18,21,28H,6-12,15,19H2,1-5H3. The first kappa shape index (κ1) is 36.4. The van der Waals surface area contributed by atoms with E-state index >= 15 is 8.78 Å². The molecular formula is C35H40F3N5O7S. The highest BCUT2D eigenvalue weighted by Gasteiger charge is 2.40. The van der Waals surface area contributed by atoms with Crippen LogP contribution in [0, 0.1) is 24.4 Å². The summed E-state index contributed by atoms with van der Waals surface area (Å²) in [6.45, 7) is 6.23. The molecule has 1 saturated heterocycles. The Morgan fingerprint density at radius 1 is 1.06 bits per heavy atom. The minimum Gasteiger partial charge on any atom is -0.487 e. The topological polar surface area (TPSA) is 135 Å². The van der Waals surface area contributed by atoms with E-state index in [-0.39, 0.29) is 16.5 Å². The number of anilines is 1. The van der Waals surface area contributed by atoms with Gasteiger partial charge < -0.3 is 18.9 Å². The number of amides is 1. The van der Waals surface area contributed by atoms with Gasteiger partial charge in [-0.15, -0.1) is 0 Å². The second kappa shape index (κ2) is 14.3. The number of benzene rings is 1. The normalized spacial score (nSPS) is 17.1. The smallest absolute Gasteiger partial charge is 0.429 e. The van der Waals surface area contributed by atoms with Crippen molar-refractivity contribution in [2.75, 3.05) is 18.0 Å². The third-order valence-corrected chi connectivity index (χ3v) is 10.6. The molecular weight excluding hydrogens is 691 g/mol. The molecule has 274 valence electrons. The first-order valence-electron chi connectivity index (χ1n) is 16.8. The Balaban J connectivity index is 1.42. The first-order valence-corrected chi connectivity index (χ1v) is 18.2. The van der Waals surface area contributed by atoms with E-state index in [1.54, 1.807) is 4.68 Å². The fourth-order valence-corrected chi connectivity index (χ4v) is 8.09. The van der Waals surface area contributed by atoms with Gasteiger partial charge in [0.1, 0.15) is 35.3 Å². The maximum atomic E-state index is 16.5. The van der Waals surface area contributed by atoms with Crippen molar-refractivity contribution < 1.29 is 45.3 Å². The van der Waals surface area contributed by atoms with E-state index < -0.39 is 67.8 Å². The molecule has 0 radical (unpaired) electrons. The number of aryl methyl sites for hydroxylation is 1. The largest absolute Gasteiger partial charge is 0.487 e. The van der Waals surface area contributed by atoms with Crippen LogP contribution in [-0.2, 0) is 26.1 Å². The molecule has 6 rings (SSSR count). The van der Waals surface area contributed by atoms with Gasteiger partial charge in [0.05, 0.1) is 30.8 Å². The number of aromatic nitrogens is 4. The third kappa shape index (κ3) is 7.20. The molecule has 0 spiro atoms. The average Bonchev–Trinajstić information content (AvgIpc) is 3.74. The molecule has 51 heavy (non-hydrogen) atoms. The Morgan fingerprint density at radius 3 is 2.45 bits per heavy atom. The third-order valence-electron chi connectivity index (χ3n) is 8.90. The van der Waals surface area contributed by atoms with Crippen LogP contribution >= 0.6 is 0 Å². The van der Waals surface area contributed by atoms with Gasteiger partial charge in [-0.1, -0.05) is 12.8 Å². The fraction of sp³-hybridized carbons (Fsp3) is 0.486. The van der Waals surface area contributed by atoms with Crippen molar-refractivity contribution in [1.29, 1.82) is 0 Å². The van der Waals surface area contributed by atoms with Crippen LogP contribution in [0.5, 0.6) is 11.6 Å². The van der Waals surface area contributed by atoms with E-state index in [2.05, 4.69) is 9.97 Å². The van der Waals surface area contributed by atoms with Gasteiger partial charge in [0, 0.05) is 23.6 Å². The number of halogens is 3. The minimum atomic E-state index is -5.17. The van der Waals surface area contributed by atoms with Gasteiger partial charge in [-0.3, -0.25) is 0 Å². The first-order chi connectivity index (χ1) is 24.2. The summed E-state index contributed by atoms with van der Waals surface area (Å²) in [4.78, 5) is 20.9. The quantitative estimate of drug-likeness (QED) is 0.169. The zero-order chi connectivity index (χ0) is 36.7. The van der Waals surface area contributed by atoms with Crippen LogP contribution in [0.15, 0.2) is 35.5 Å². The predicted molar refractivity (Wildman–Crippen MR) is 180 cm³/mol. The molecule has 2 fully saturated rings. The fourth-order valence-electron chi connectivity index (χ4n) is 6.64. The van der Waals surface area contributed by atoms with Crippen molar-refractivity contribution >= 4 is 32.8 Å². The summed E-state index contributed by atoms with van der Waals surface area (Å²) in [5.41, 5.74) is -0.606. The van der Waals surface area contributed by atoms with Crippen molar-refractivity contribution in [2.45, 2.75) is 102 Å². The van der Waals surface area contributed by atoms with Crippen molar-refractivity contribution in [3.05, 3.63) is 64.9 Å². The van der Waals surface area contributed by atoms with E-state index in [1.165, 1.54) is 27.0 Å². The summed E-state index contributed by atoms with van der Waals surface area (Å²) >= 11 is 0. The molecule has 16 heteroatoms. The lowest BCUT2D eigenvalue weighted by molar-refractivity contribution is -0.0371. The summed E-state index contributed by atoms with van der Waals surface area (Å²) in [7, 11) is -4.08. The number of carbonyl (C=O) groups is 1. The van der Waals surface area contributed by atoms with Crippen molar-refractivity contribution in [3.63, 3.8) is 0 Å². The number of hydrogen-bond acceptors (Lipinski definition) is 10. The van der Waals surface area contributed by atoms with Crippen molar-refractivity contribution in [3.8, 4) is 11.6 Å². The molecule has 4 heterocycles. The molecule has 12 nitrogen and oxygen atoms in total. The lowest BCUT2D eigenvalue weighted by Crippen LogP contribution is -2.42. The van der Waals surface area contributed by atoms with Crippen LogP contribution < -0.4 is 13.8 Å². The minimum absolute atomic E-state index is 0.00184. The van der Waals surface area contributed by atoms with Gasteiger partial charge in [-0.2, -0.15) is 9.40 Å².